The molecule has 0 radical (unpaired) electrons. The molecule has 7 heteroatoms. The molecule has 1 aromatic heterocycles. The van der Waals surface area contributed by atoms with Gasteiger partial charge >= 0.3 is 0 Å². The van der Waals surface area contributed by atoms with E-state index in [2.05, 4.69) is 8.75 Å². The largest absolute Gasteiger partial charge is 0.744 e. The van der Waals surface area contributed by atoms with E-state index in [1.54, 1.807) is 19.1 Å². The van der Waals surface area contributed by atoms with Crippen LogP contribution in [0.25, 0.3) is 11.0 Å². The quantitative estimate of drug-likeness (QED) is 0.678. The lowest BCUT2D eigenvalue weighted by molar-refractivity contribution is 0.463. The second kappa shape index (κ2) is 2.97. The van der Waals surface area contributed by atoms with Crippen LogP contribution in [-0.2, 0) is 10.1 Å². The van der Waals surface area contributed by atoms with Gasteiger partial charge in [-0.25, -0.2) is 8.42 Å². The smallest absolute Gasteiger partial charge is 0.126 e. The van der Waals surface area contributed by atoms with Crippen molar-refractivity contribution in [3.05, 3.63) is 17.7 Å². The lowest BCUT2D eigenvalue weighted by atomic mass is 10.2. The van der Waals surface area contributed by atoms with Gasteiger partial charge in [0.05, 0.1) is 16.6 Å². The van der Waals surface area contributed by atoms with E-state index >= 15 is 0 Å². The highest BCUT2D eigenvalue weighted by atomic mass is 32.2. The van der Waals surface area contributed by atoms with Crippen molar-refractivity contribution in [2.45, 2.75) is 11.8 Å². The van der Waals surface area contributed by atoms with Crippen molar-refractivity contribution >= 4 is 32.9 Å². The Morgan fingerprint density at radius 1 is 1.36 bits per heavy atom. The Bertz CT molecular complexity index is 588. The number of nitrogens with zero attached hydrogens (tertiary/aromatic N) is 2. The first-order valence-electron chi connectivity index (χ1n) is 3.68. The molecule has 2 aromatic rings. The van der Waals surface area contributed by atoms with Gasteiger partial charge in [-0.1, -0.05) is 6.07 Å². The molecule has 0 saturated carbocycles. The molecule has 1 aromatic carbocycles. The van der Waals surface area contributed by atoms with E-state index in [1.807, 2.05) is 0 Å². The molecule has 0 aliphatic heterocycles. The maximum absolute atomic E-state index is 10.9. The van der Waals surface area contributed by atoms with Gasteiger partial charge in [0.2, 0.25) is 0 Å². The lowest BCUT2D eigenvalue weighted by Gasteiger charge is -2.09. The van der Waals surface area contributed by atoms with Crippen LogP contribution in [0.1, 0.15) is 5.56 Å². The van der Waals surface area contributed by atoms with Crippen molar-refractivity contribution in [1.82, 2.24) is 8.75 Å². The first kappa shape index (κ1) is 9.50. The Morgan fingerprint density at radius 2 is 2.07 bits per heavy atom. The molecule has 5 nitrogen and oxygen atoms in total. The molecular formula is C7H5N2O3S2-. The molecule has 0 saturated heterocycles. The van der Waals surface area contributed by atoms with E-state index in [1.165, 1.54) is 0 Å². The fourth-order valence-corrected chi connectivity index (χ4v) is 2.69. The predicted octanol–water partition coefficient (Wildman–Crippen LogP) is 0.904. The van der Waals surface area contributed by atoms with Gasteiger partial charge in [0.25, 0.3) is 0 Å². The number of fused-ring (bicyclic) bond motifs is 1. The van der Waals surface area contributed by atoms with Crippen LogP contribution in [0.15, 0.2) is 17.0 Å². The highest BCUT2D eigenvalue weighted by molar-refractivity contribution is 7.86. The van der Waals surface area contributed by atoms with Crippen LogP contribution in [0, 0.1) is 6.92 Å². The third-order valence-corrected chi connectivity index (χ3v) is 3.39. The zero-order valence-electron chi connectivity index (χ0n) is 7.09. The summed E-state index contributed by atoms with van der Waals surface area (Å²) in [6, 6.07) is 3.19. The minimum atomic E-state index is -4.48. The van der Waals surface area contributed by atoms with Gasteiger partial charge < -0.3 is 4.55 Å². The van der Waals surface area contributed by atoms with Gasteiger partial charge in [-0.3, -0.25) is 0 Å². The fraction of sp³-hybridized carbons (Fsp3) is 0.143. The Morgan fingerprint density at radius 3 is 2.71 bits per heavy atom. The molecule has 0 aliphatic carbocycles. The topological polar surface area (TPSA) is 83.0 Å². The maximum Gasteiger partial charge on any atom is 0.126 e. The molecule has 2 rings (SSSR count). The summed E-state index contributed by atoms with van der Waals surface area (Å²) < 4.78 is 40.5. The summed E-state index contributed by atoms with van der Waals surface area (Å²) in [5.74, 6) is 0. The molecule has 14 heavy (non-hydrogen) atoms. The highest BCUT2D eigenvalue weighted by Gasteiger charge is 2.13. The van der Waals surface area contributed by atoms with Crippen LogP contribution >= 0.6 is 11.7 Å². The number of hydrogen-bond donors (Lipinski definition) is 0. The molecule has 0 N–H and O–H groups in total. The molecule has 0 amide bonds. The standard InChI is InChI=1S/C7H6N2O3S2/c1-4-2-3-5-6(9-13-8-5)7(4)14(10,11)12/h2-3H,1H3,(H,10,11,12)/p-1. The highest BCUT2D eigenvalue weighted by Crippen LogP contribution is 2.24. The van der Waals surface area contributed by atoms with Crippen LogP contribution < -0.4 is 0 Å². The molecule has 0 atom stereocenters. The Kier molecular flexibility index (Phi) is 2.02. The first-order valence-corrected chi connectivity index (χ1v) is 5.82. The molecular weight excluding hydrogens is 224 g/mol. The third kappa shape index (κ3) is 1.39. The number of aryl methyl sites for hydroxylation is 1. The summed E-state index contributed by atoms with van der Waals surface area (Å²) in [6.07, 6.45) is 0. The van der Waals surface area contributed by atoms with E-state index in [0.29, 0.717) is 11.1 Å². The number of hydrogen-bond acceptors (Lipinski definition) is 6. The van der Waals surface area contributed by atoms with Crippen molar-refractivity contribution < 1.29 is 13.0 Å². The summed E-state index contributed by atoms with van der Waals surface area (Å²) in [5, 5.41) is 0. The van der Waals surface area contributed by atoms with Crippen LogP contribution in [-0.4, -0.2) is 21.7 Å². The Hall–Kier alpha value is -1.05. The van der Waals surface area contributed by atoms with Gasteiger partial charge in [0.15, 0.2) is 0 Å². The summed E-state index contributed by atoms with van der Waals surface area (Å²) in [5.41, 5.74) is 1.01. The summed E-state index contributed by atoms with van der Waals surface area (Å²) in [6.45, 7) is 1.56. The van der Waals surface area contributed by atoms with Crippen molar-refractivity contribution in [1.29, 1.82) is 0 Å². The van der Waals surface area contributed by atoms with Crippen molar-refractivity contribution in [2.24, 2.45) is 0 Å². The molecule has 0 unspecified atom stereocenters. The van der Waals surface area contributed by atoms with Crippen molar-refractivity contribution in [2.75, 3.05) is 0 Å². The van der Waals surface area contributed by atoms with Crippen LogP contribution in [0.4, 0.5) is 0 Å². The van der Waals surface area contributed by atoms with Crippen molar-refractivity contribution in [3.8, 4) is 0 Å². The van der Waals surface area contributed by atoms with Gasteiger partial charge in [-0.2, -0.15) is 8.75 Å². The second-order valence-corrected chi connectivity index (χ2v) is 4.64. The summed E-state index contributed by atoms with van der Waals surface area (Å²) >= 11 is 0.889. The zero-order chi connectivity index (χ0) is 10.3. The average molecular weight is 229 g/mol. The van der Waals surface area contributed by atoms with Crippen molar-refractivity contribution in [3.63, 3.8) is 0 Å². The Balaban J connectivity index is 2.98. The van der Waals surface area contributed by atoms with E-state index < -0.39 is 10.1 Å². The number of aromatic nitrogens is 2. The zero-order valence-corrected chi connectivity index (χ0v) is 8.72. The molecule has 1 heterocycles. The predicted molar refractivity (Wildman–Crippen MR) is 50.1 cm³/mol. The molecule has 0 aliphatic rings. The van der Waals surface area contributed by atoms with Crippen LogP contribution in [0.5, 0.6) is 0 Å². The van der Waals surface area contributed by atoms with E-state index in [-0.39, 0.29) is 10.4 Å². The normalized spacial score (nSPS) is 12.1. The Labute approximate surface area is 84.5 Å². The van der Waals surface area contributed by atoms with E-state index in [0.717, 1.165) is 11.7 Å². The lowest BCUT2D eigenvalue weighted by Crippen LogP contribution is -2.02. The number of benzene rings is 1. The summed E-state index contributed by atoms with van der Waals surface area (Å²) in [7, 11) is -4.48. The monoisotopic (exact) mass is 229 g/mol. The summed E-state index contributed by atoms with van der Waals surface area (Å²) in [4.78, 5) is -0.260. The van der Waals surface area contributed by atoms with Gasteiger partial charge in [-0.05, 0) is 18.6 Å². The van der Waals surface area contributed by atoms with Gasteiger partial charge in [0.1, 0.15) is 21.2 Å². The van der Waals surface area contributed by atoms with Crippen LogP contribution in [0.2, 0.25) is 0 Å². The van der Waals surface area contributed by atoms with Gasteiger partial charge in [-0.15, -0.1) is 0 Å². The fourth-order valence-electron chi connectivity index (χ4n) is 1.24. The first-order chi connectivity index (χ1) is 6.50. The molecule has 0 bridgehead atoms. The maximum atomic E-state index is 10.9. The number of rotatable bonds is 1. The SMILES string of the molecule is Cc1ccc2nsnc2c1S(=O)(=O)[O-]. The third-order valence-electron chi connectivity index (χ3n) is 1.83. The average Bonchev–Trinajstić information content (AvgIpc) is 2.48. The molecule has 0 spiro atoms. The van der Waals surface area contributed by atoms with Crippen LogP contribution in [0.3, 0.4) is 0 Å². The minimum absolute atomic E-state index is 0.171. The van der Waals surface area contributed by atoms with E-state index in [9.17, 15) is 13.0 Å². The van der Waals surface area contributed by atoms with Gasteiger partial charge in [0, 0.05) is 0 Å². The minimum Gasteiger partial charge on any atom is -0.744 e. The molecule has 0 fully saturated rings. The second-order valence-electron chi connectivity index (χ2n) is 2.80. The molecule has 74 valence electrons. The van der Waals surface area contributed by atoms with E-state index in [4.69, 9.17) is 0 Å².